The summed E-state index contributed by atoms with van der Waals surface area (Å²) in [6.45, 7) is 2.39. The van der Waals surface area contributed by atoms with Crippen molar-refractivity contribution in [3.05, 3.63) is 21.7 Å². The normalized spacial score (nSPS) is 12.4. The second-order valence-corrected chi connectivity index (χ2v) is 4.58. The second-order valence-electron chi connectivity index (χ2n) is 3.73. The van der Waals surface area contributed by atoms with Gasteiger partial charge in [-0.15, -0.1) is 0 Å². The zero-order valence-electron chi connectivity index (χ0n) is 10.5. The number of aryl methyl sites for hydroxylation is 1. The van der Waals surface area contributed by atoms with Crippen LogP contribution in [0.2, 0.25) is 0 Å². The van der Waals surface area contributed by atoms with Crippen molar-refractivity contribution in [2.75, 3.05) is 27.8 Å². The van der Waals surface area contributed by atoms with Crippen molar-refractivity contribution < 1.29 is 14.6 Å². The number of likely N-dealkylation sites (N-methyl/N-ethyl adjacent to an activating group) is 1. The van der Waals surface area contributed by atoms with Gasteiger partial charge in [-0.3, -0.25) is 0 Å². The van der Waals surface area contributed by atoms with Crippen LogP contribution in [0.3, 0.4) is 0 Å². The molecule has 0 heterocycles. The van der Waals surface area contributed by atoms with Crippen LogP contribution >= 0.6 is 15.9 Å². The number of methoxy groups -OCH3 is 2. The molecule has 0 saturated heterocycles. The lowest BCUT2D eigenvalue weighted by Gasteiger charge is -2.20. The molecule has 0 amide bonds. The van der Waals surface area contributed by atoms with E-state index in [-0.39, 0.29) is 0 Å². The lowest BCUT2D eigenvalue weighted by Crippen LogP contribution is -2.18. The molecule has 0 saturated carbocycles. The lowest BCUT2D eigenvalue weighted by molar-refractivity contribution is 0.171. The number of hydrogen-bond acceptors (Lipinski definition) is 4. The fraction of sp³-hybridized carbons (Fsp3) is 0.500. The van der Waals surface area contributed by atoms with Crippen molar-refractivity contribution in [3.8, 4) is 11.5 Å². The monoisotopic (exact) mass is 303 g/mol. The van der Waals surface area contributed by atoms with Gasteiger partial charge in [0, 0.05) is 12.1 Å². The number of halogens is 1. The van der Waals surface area contributed by atoms with Crippen molar-refractivity contribution in [2.24, 2.45) is 0 Å². The van der Waals surface area contributed by atoms with Gasteiger partial charge in [-0.05, 0) is 41.5 Å². The molecule has 0 bridgehead atoms. The molecule has 1 unspecified atom stereocenters. The quantitative estimate of drug-likeness (QED) is 0.874. The molecule has 1 aromatic rings. The second kappa shape index (κ2) is 6.23. The first-order valence-electron chi connectivity index (χ1n) is 5.30. The molecule has 1 rings (SSSR count). The van der Waals surface area contributed by atoms with E-state index in [4.69, 9.17) is 9.47 Å². The minimum Gasteiger partial charge on any atom is -0.492 e. The predicted molar refractivity (Wildman–Crippen MR) is 70.9 cm³/mol. The molecule has 1 aromatic carbocycles. The number of nitrogens with one attached hydrogen (secondary N) is 1. The van der Waals surface area contributed by atoms with Crippen molar-refractivity contribution in [2.45, 2.75) is 13.0 Å². The van der Waals surface area contributed by atoms with E-state index in [1.165, 1.54) is 0 Å². The first-order valence-corrected chi connectivity index (χ1v) is 6.09. The van der Waals surface area contributed by atoms with Gasteiger partial charge in [0.25, 0.3) is 0 Å². The molecule has 4 nitrogen and oxygen atoms in total. The van der Waals surface area contributed by atoms with E-state index in [0.717, 1.165) is 15.6 Å². The number of hydrogen-bond donors (Lipinski definition) is 2. The largest absolute Gasteiger partial charge is 0.492 e. The van der Waals surface area contributed by atoms with Gasteiger partial charge in [0.1, 0.15) is 0 Å². The van der Waals surface area contributed by atoms with Gasteiger partial charge in [-0.2, -0.15) is 0 Å². The van der Waals surface area contributed by atoms with E-state index >= 15 is 0 Å². The standard InChI is InChI=1S/C12H18BrNO3/c1-7-5-8(13)11(16-3)12(17-4)10(7)9(15)6-14-2/h5,9,14-15H,6H2,1-4H3. The Hall–Kier alpha value is -0.780. The van der Waals surface area contributed by atoms with Crippen LogP contribution in [-0.2, 0) is 0 Å². The van der Waals surface area contributed by atoms with Gasteiger partial charge in [-0.25, -0.2) is 0 Å². The molecular formula is C12H18BrNO3. The number of ether oxygens (including phenoxy) is 2. The van der Waals surface area contributed by atoms with Gasteiger partial charge in [0.15, 0.2) is 11.5 Å². The summed E-state index contributed by atoms with van der Waals surface area (Å²) in [5.74, 6) is 1.17. The number of aliphatic hydroxyl groups excluding tert-OH is 1. The molecule has 0 fully saturated rings. The van der Waals surface area contributed by atoms with Crippen molar-refractivity contribution >= 4 is 15.9 Å². The van der Waals surface area contributed by atoms with Crippen LogP contribution in [0.15, 0.2) is 10.5 Å². The van der Waals surface area contributed by atoms with Crippen molar-refractivity contribution in [1.82, 2.24) is 5.32 Å². The summed E-state index contributed by atoms with van der Waals surface area (Å²) >= 11 is 3.42. The average molecular weight is 304 g/mol. The summed E-state index contributed by atoms with van der Waals surface area (Å²) in [5, 5.41) is 13.0. The smallest absolute Gasteiger partial charge is 0.175 e. The van der Waals surface area contributed by atoms with Gasteiger partial charge < -0.3 is 19.9 Å². The molecule has 1 atom stereocenters. The van der Waals surface area contributed by atoms with Crippen LogP contribution in [0.1, 0.15) is 17.2 Å². The third kappa shape index (κ3) is 2.91. The number of rotatable bonds is 5. The Kier molecular flexibility index (Phi) is 5.24. The molecule has 0 aliphatic carbocycles. The van der Waals surface area contributed by atoms with Crippen molar-refractivity contribution in [1.29, 1.82) is 0 Å². The summed E-state index contributed by atoms with van der Waals surface area (Å²) < 4.78 is 11.5. The Morgan fingerprint density at radius 3 is 2.41 bits per heavy atom. The fourth-order valence-corrected chi connectivity index (χ4v) is 2.53. The minimum absolute atomic E-state index is 0.460. The highest BCUT2D eigenvalue weighted by molar-refractivity contribution is 9.10. The zero-order chi connectivity index (χ0) is 13.0. The Bertz CT molecular complexity index is 396. The molecule has 0 radical (unpaired) electrons. The average Bonchev–Trinajstić information content (AvgIpc) is 2.28. The predicted octanol–water partition coefficient (Wildman–Crippen LogP) is 2.03. The number of aliphatic hydroxyl groups is 1. The van der Waals surface area contributed by atoms with Crippen LogP contribution in [0.25, 0.3) is 0 Å². The third-order valence-corrected chi connectivity index (χ3v) is 3.16. The molecule has 0 aromatic heterocycles. The molecule has 0 aliphatic heterocycles. The molecule has 0 aliphatic rings. The van der Waals surface area contributed by atoms with Crippen LogP contribution in [0, 0.1) is 6.92 Å². The van der Waals surface area contributed by atoms with Crippen LogP contribution in [0.4, 0.5) is 0 Å². The Morgan fingerprint density at radius 2 is 1.94 bits per heavy atom. The van der Waals surface area contributed by atoms with Crippen LogP contribution in [0.5, 0.6) is 11.5 Å². The van der Waals surface area contributed by atoms with Gasteiger partial charge in [-0.1, -0.05) is 0 Å². The topological polar surface area (TPSA) is 50.7 Å². The molecular weight excluding hydrogens is 286 g/mol. The van der Waals surface area contributed by atoms with E-state index in [9.17, 15) is 5.11 Å². The van der Waals surface area contributed by atoms with E-state index in [1.54, 1.807) is 21.3 Å². The summed E-state index contributed by atoms with van der Waals surface area (Å²) in [4.78, 5) is 0. The van der Waals surface area contributed by atoms with E-state index in [1.807, 2.05) is 13.0 Å². The molecule has 17 heavy (non-hydrogen) atoms. The molecule has 5 heteroatoms. The SMILES string of the molecule is CNCC(O)c1c(C)cc(Br)c(OC)c1OC. The van der Waals surface area contributed by atoms with Gasteiger partial charge in [0.05, 0.1) is 24.8 Å². The Labute approximate surface area is 110 Å². The van der Waals surface area contributed by atoms with Gasteiger partial charge in [0.2, 0.25) is 0 Å². The Balaban J connectivity index is 3.36. The van der Waals surface area contributed by atoms with E-state index in [2.05, 4.69) is 21.2 Å². The lowest BCUT2D eigenvalue weighted by atomic mass is 10.0. The molecule has 96 valence electrons. The van der Waals surface area contributed by atoms with Crippen molar-refractivity contribution in [3.63, 3.8) is 0 Å². The minimum atomic E-state index is -0.628. The highest BCUT2D eigenvalue weighted by atomic mass is 79.9. The maximum absolute atomic E-state index is 10.1. The van der Waals surface area contributed by atoms with Crippen LogP contribution in [-0.4, -0.2) is 32.9 Å². The van der Waals surface area contributed by atoms with Gasteiger partial charge >= 0.3 is 0 Å². The third-order valence-electron chi connectivity index (χ3n) is 2.57. The highest BCUT2D eigenvalue weighted by Gasteiger charge is 2.21. The summed E-state index contributed by atoms with van der Waals surface area (Å²) in [7, 11) is 4.94. The summed E-state index contributed by atoms with van der Waals surface area (Å²) in [5.41, 5.74) is 1.71. The van der Waals surface area contributed by atoms with Crippen LogP contribution < -0.4 is 14.8 Å². The summed E-state index contributed by atoms with van der Waals surface area (Å²) in [6, 6.07) is 1.91. The molecule has 2 N–H and O–H groups in total. The van der Waals surface area contributed by atoms with E-state index < -0.39 is 6.10 Å². The first-order chi connectivity index (χ1) is 8.06. The highest BCUT2D eigenvalue weighted by Crippen LogP contribution is 2.42. The summed E-state index contributed by atoms with van der Waals surface area (Å²) in [6.07, 6.45) is -0.628. The maximum atomic E-state index is 10.1. The molecule has 0 spiro atoms. The first kappa shape index (κ1) is 14.3. The Morgan fingerprint density at radius 1 is 1.35 bits per heavy atom. The van der Waals surface area contributed by atoms with E-state index in [0.29, 0.717) is 18.0 Å². The fourth-order valence-electron chi connectivity index (χ4n) is 1.85. The number of benzene rings is 1. The zero-order valence-corrected chi connectivity index (χ0v) is 12.1. The maximum Gasteiger partial charge on any atom is 0.175 e.